The highest BCUT2D eigenvalue weighted by molar-refractivity contribution is 8.00. The molecule has 8 heteroatoms. The fourth-order valence-electron chi connectivity index (χ4n) is 3.88. The van der Waals surface area contributed by atoms with Gasteiger partial charge in [-0.1, -0.05) is 42.5 Å². The van der Waals surface area contributed by atoms with E-state index in [1.807, 2.05) is 61.5 Å². The second kappa shape index (κ2) is 9.24. The van der Waals surface area contributed by atoms with Crippen molar-refractivity contribution in [2.75, 3.05) is 19.4 Å². The summed E-state index contributed by atoms with van der Waals surface area (Å²) in [5.74, 6) is 0.598. The summed E-state index contributed by atoms with van der Waals surface area (Å²) in [6.45, 7) is 2.27. The number of methoxy groups -OCH3 is 1. The van der Waals surface area contributed by atoms with Gasteiger partial charge in [0.25, 0.3) is 0 Å². The van der Waals surface area contributed by atoms with Crippen molar-refractivity contribution in [3.05, 3.63) is 65.7 Å². The molecule has 2 unspecified atom stereocenters. The average molecular weight is 455 g/mol. The van der Waals surface area contributed by atoms with Gasteiger partial charge in [-0.3, -0.25) is 14.4 Å². The highest BCUT2D eigenvalue weighted by Gasteiger charge is 2.56. The number of β-lactam (4-membered cyclic amide) rings is 1. The molecular formula is C24H26N2O5S. The average Bonchev–Trinajstić information content (AvgIpc) is 2.82. The van der Waals surface area contributed by atoms with E-state index in [2.05, 4.69) is 5.32 Å². The number of amides is 2. The van der Waals surface area contributed by atoms with Crippen LogP contribution in [0, 0.1) is 5.41 Å². The normalized spacial score (nSPS) is 24.2. The summed E-state index contributed by atoms with van der Waals surface area (Å²) in [7, 11) is 1.60. The first-order valence-corrected chi connectivity index (χ1v) is 11.5. The summed E-state index contributed by atoms with van der Waals surface area (Å²) in [6, 6.07) is 16.2. The molecule has 2 saturated heterocycles. The quantitative estimate of drug-likeness (QED) is 0.511. The minimum absolute atomic E-state index is 0.148. The van der Waals surface area contributed by atoms with Crippen LogP contribution in [0.5, 0.6) is 5.75 Å². The van der Waals surface area contributed by atoms with Gasteiger partial charge in [-0.15, -0.1) is 11.8 Å². The van der Waals surface area contributed by atoms with E-state index in [-0.39, 0.29) is 42.7 Å². The fourth-order valence-corrected chi connectivity index (χ4v) is 5.36. The maximum atomic E-state index is 12.8. The number of thioether (sulfide) groups is 1. The van der Waals surface area contributed by atoms with Crippen molar-refractivity contribution in [3.8, 4) is 5.75 Å². The molecule has 2 fully saturated rings. The molecule has 168 valence electrons. The van der Waals surface area contributed by atoms with Crippen LogP contribution in [0.15, 0.2) is 54.6 Å². The number of ether oxygens (including phenoxy) is 2. The minimum Gasteiger partial charge on any atom is -0.497 e. The molecular weight excluding hydrogens is 428 g/mol. The Kier molecular flexibility index (Phi) is 6.41. The van der Waals surface area contributed by atoms with Crippen molar-refractivity contribution in [3.63, 3.8) is 0 Å². The summed E-state index contributed by atoms with van der Waals surface area (Å²) in [4.78, 5) is 39.5. The number of nitrogens with zero attached hydrogens (tertiary/aromatic N) is 1. The summed E-state index contributed by atoms with van der Waals surface area (Å²) in [5.41, 5.74) is 0.977. The van der Waals surface area contributed by atoms with Crippen LogP contribution in [0.25, 0.3) is 0 Å². The Labute approximate surface area is 191 Å². The number of hydrogen-bond acceptors (Lipinski definition) is 6. The second-order valence-corrected chi connectivity index (χ2v) is 9.47. The standard InChI is InChI=1S/C24H26N2O5S/c1-24(23(29)31-13-17-8-10-18(30-2)11-9-17)14-26-21(28)20(22(26)32-15-24)25-19(27)12-16-6-4-3-5-7-16/h3-11,20,22H,12-15H2,1-2H3,(H,25,27)/t20?,22-,24?/m1/s1. The third-order valence-electron chi connectivity index (χ3n) is 5.78. The molecule has 0 radical (unpaired) electrons. The molecule has 2 aliphatic rings. The first-order chi connectivity index (χ1) is 15.4. The lowest BCUT2D eigenvalue weighted by molar-refractivity contribution is -0.162. The molecule has 2 heterocycles. The number of hydrogen-bond donors (Lipinski definition) is 1. The zero-order chi connectivity index (χ0) is 22.7. The Morgan fingerprint density at radius 1 is 1.12 bits per heavy atom. The Hall–Kier alpha value is -3.00. The van der Waals surface area contributed by atoms with E-state index in [4.69, 9.17) is 9.47 Å². The number of rotatable bonds is 7. The third kappa shape index (κ3) is 4.60. The topological polar surface area (TPSA) is 84.9 Å². The van der Waals surface area contributed by atoms with Crippen LogP contribution in [0.2, 0.25) is 0 Å². The van der Waals surface area contributed by atoms with Gasteiger partial charge >= 0.3 is 5.97 Å². The monoisotopic (exact) mass is 454 g/mol. The Bertz CT molecular complexity index is 997. The number of carbonyl (C=O) groups is 3. The molecule has 4 rings (SSSR count). The molecule has 3 atom stereocenters. The third-order valence-corrected chi connectivity index (χ3v) is 7.45. The molecule has 0 spiro atoms. The van der Waals surface area contributed by atoms with Gasteiger partial charge in [-0.2, -0.15) is 0 Å². The van der Waals surface area contributed by atoms with Crippen LogP contribution in [-0.2, 0) is 32.1 Å². The van der Waals surface area contributed by atoms with Crippen molar-refractivity contribution >= 4 is 29.5 Å². The maximum Gasteiger partial charge on any atom is 0.314 e. The SMILES string of the molecule is COc1ccc(COC(=O)C2(C)CS[C@@H]3C(NC(=O)Cc4ccccc4)C(=O)N3C2)cc1. The molecule has 7 nitrogen and oxygen atoms in total. The Balaban J connectivity index is 1.29. The number of fused-ring (bicyclic) bond motifs is 1. The predicted molar refractivity (Wildman–Crippen MR) is 121 cm³/mol. The van der Waals surface area contributed by atoms with E-state index in [0.717, 1.165) is 16.9 Å². The molecule has 0 bridgehead atoms. The van der Waals surface area contributed by atoms with Gasteiger partial charge in [0.1, 0.15) is 23.8 Å². The lowest BCUT2D eigenvalue weighted by atomic mass is 9.89. The van der Waals surface area contributed by atoms with Gasteiger partial charge in [-0.25, -0.2) is 0 Å². The van der Waals surface area contributed by atoms with E-state index < -0.39 is 11.5 Å². The molecule has 1 N–H and O–H groups in total. The number of benzene rings is 2. The summed E-state index contributed by atoms with van der Waals surface area (Å²) < 4.78 is 10.7. The van der Waals surface area contributed by atoms with E-state index in [1.165, 1.54) is 11.8 Å². The minimum atomic E-state index is -0.789. The molecule has 2 aliphatic heterocycles. The van der Waals surface area contributed by atoms with Crippen molar-refractivity contribution in [2.45, 2.75) is 31.4 Å². The van der Waals surface area contributed by atoms with Crippen molar-refractivity contribution in [1.82, 2.24) is 10.2 Å². The lowest BCUT2D eigenvalue weighted by Crippen LogP contribution is -2.73. The lowest BCUT2D eigenvalue weighted by Gasteiger charge is -2.53. The van der Waals surface area contributed by atoms with E-state index >= 15 is 0 Å². The fraction of sp³-hybridized carbons (Fsp3) is 0.375. The van der Waals surface area contributed by atoms with Gasteiger partial charge in [0.2, 0.25) is 11.8 Å². The number of nitrogens with one attached hydrogen (secondary N) is 1. The molecule has 2 aromatic carbocycles. The van der Waals surface area contributed by atoms with Gasteiger partial charge in [0, 0.05) is 12.3 Å². The summed E-state index contributed by atoms with van der Waals surface area (Å²) >= 11 is 1.51. The van der Waals surface area contributed by atoms with Crippen LogP contribution in [-0.4, -0.2) is 53.5 Å². The van der Waals surface area contributed by atoms with Crippen LogP contribution in [0.4, 0.5) is 0 Å². The summed E-state index contributed by atoms with van der Waals surface area (Å²) in [5, 5.41) is 2.70. The first-order valence-electron chi connectivity index (χ1n) is 10.5. The Morgan fingerprint density at radius 3 is 2.53 bits per heavy atom. The first kappa shape index (κ1) is 22.2. The molecule has 0 saturated carbocycles. The molecule has 2 amide bonds. The van der Waals surface area contributed by atoms with Gasteiger partial charge in [0.05, 0.1) is 18.9 Å². The zero-order valence-electron chi connectivity index (χ0n) is 18.1. The smallest absolute Gasteiger partial charge is 0.314 e. The van der Waals surface area contributed by atoms with Gasteiger partial charge in [0.15, 0.2) is 0 Å². The number of esters is 1. The molecule has 0 aliphatic carbocycles. The Morgan fingerprint density at radius 2 is 1.84 bits per heavy atom. The highest BCUT2D eigenvalue weighted by Crippen LogP contribution is 2.42. The zero-order valence-corrected chi connectivity index (χ0v) is 18.9. The van der Waals surface area contributed by atoms with E-state index in [0.29, 0.717) is 5.75 Å². The van der Waals surface area contributed by atoms with Crippen molar-refractivity contribution < 1.29 is 23.9 Å². The van der Waals surface area contributed by atoms with Crippen molar-refractivity contribution in [1.29, 1.82) is 0 Å². The predicted octanol–water partition coefficient (Wildman–Crippen LogP) is 2.39. The largest absolute Gasteiger partial charge is 0.497 e. The molecule has 32 heavy (non-hydrogen) atoms. The van der Waals surface area contributed by atoms with Gasteiger partial charge < -0.3 is 19.7 Å². The number of carbonyl (C=O) groups excluding carboxylic acids is 3. The van der Waals surface area contributed by atoms with Crippen LogP contribution >= 0.6 is 11.8 Å². The van der Waals surface area contributed by atoms with Crippen LogP contribution in [0.1, 0.15) is 18.1 Å². The molecule has 2 aromatic rings. The van der Waals surface area contributed by atoms with Crippen LogP contribution < -0.4 is 10.1 Å². The second-order valence-electron chi connectivity index (χ2n) is 8.36. The summed E-state index contributed by atoms with van der Waals surface area (Å²) in [6.07, 6.45) is 0.234. The van der Waals surface area contributed by atoms with Gasteiger partial charge in [-0.05, 0) is 30.2 Å². The van der Waals surface area contributed by atoms with E-state index in [1.54, 1.807) is 12.0 Å². The molecule has 0 aromatic heterocycles. The maximum absolute atomic E-state index is 12.8. The highest BCUT2D eigenvalue weighted by atomic mass is 32.2. The van der Waals surface area contributed by atoms with Crippen LogP contribution in [0.3, 0.4) is 0 Å². The van der Waals surface area contributed by atoms with Crippen molar-refractivity contribution in [2.24, 2.45) is 5.41 Å². The van der Waals surface area contributed by atoms with E-state index in [9.17, 15) is 14.4 Å².